The first-order chi connectivity index (χ1) is 9.13. The van der Waals surface area contributed by atoms with Gasteiger partial charge in [0.05, 0.1) is 13.2 Å². The number of hydrogen-bond acceptors (Lipinski definition) is 4. The lowest BCUT2D eigenvalue weighted by molar-refractivity contribution is -0.148. The maximum Gasteiger partial charge on any atom is 0.327 e. The molecule has 0 bridgehead atoms. The van der Waals surface area contributed by atoms with Crippen LogP contribution < -0.4 is 0 Å². The van der Waals surface area contributed by atoms with Crippen LogP contribution in [0, 0.1) is 0 Å². The number of halogens is 1. The molecule has 1 aliphatic rings. The maximum atomic E-state index is 12.1. The number of rotatable bonds is 3. The van der Waals surface area contributed by atoms with Crippen molar-refractivity contribution in [1.29, 1.82) is 0 Å². The molecule has 4 nitrogen and oxygen atoms in total. The minimum atomic E-state index is -0.494. The fourth-order valence-electron chi connectivity index (χ4n) is 2.43. The van der Waals surface area contributed by atoms with E-state index < -0.39 is 6.04 Å². The van der Waals surface area contributed by atoms with E-state index in [0.717, 1.165) is 5.56 Å². The van der Waals surface area contributed by atoms with Gasteiger partial charge in [0.1, 0.15) is 6.04 Å². The molecule has 19 heavy (non-hydrogen) atoms. The van der Waals surface area contributed by atoms with E-state index in [1.807, 2.05) is 23.1 Å². The third-order valence-electron chi connectivity index (χ3n) is 3.49. The van der Waals surface area contributed by atoms with Crippen molar-refractivity contribution in [2.75, 3.05) is 20.2 Å². The smallest absolute Gasteiger partial charge is 0.327 e. The summed E-state index contributed by atoms with van der Waals surface area (Å²) in [5.74, 6) is -0.315. The van der Waals surface area contributed by atoms with Crippen molar-refractivity contribution in [3.05, 3.63) is 34.9 Å². The van der Waals surface area contributed by atoms with Crippen LogP contribution in [0.1, 0.15) is 24.4 Å². The Morgan fingerprint density at radius 1 is 1.42 bits per heavy atom. The van der Waals surface area contributed by atoms with Crippen LogP contribution >= 0.6 is 11.6 Å². The fourth-order valence-corrected chi connectivity index (χ4v) is 2.66. The van der Waals surface area contributed by atoms with Crippen LogP contribution in [0.2, 0.25) is 5.02 Å². The van der Waals surface area contributed by atoms with Crippen LogP contribution in [0.4, 0.5) is 0 Å². The van der Waals surface area contributed by atoms with Gasteiger partial charge < -0.3 is 9.84 Å². The molecule has 1 fully saturated rings. The predicted molar refractivity (Wildman–Crippen MR) is 73.0 cm³/mol. The summed E-state index contributed by atoms with van der Waals surface area (Å²) >= 11 is 6.18. The van der Waals surface area contributed by atoms with E-state index in [9.17, 15) is 9.90 Å². The van der Waals surface area contributed by atoms with Crippen molar-refractivity contribution < 1.29 is 14.6 Å². The summed E-state index contributed by atoms with van der Waals surface area (Å²) in [4.78, 5) is 14.1. The Bertz CT molecular complexity index is 444. The third kappa shape index (κ3) is 3.26. The predicted octanol–water partition coefficient (Wildman–Crippen LogP) is 2.01. The fraction of sp³-hybridized carbons (Fsp3) is 0.500. The number of hydrogen-bond donors (Lipinski definition) is 1. The van der Waals surface area contributed by atoms with Crippen molar-refractivity contribution in [1.82, 2.24) is 4.90 Å². The Hall–Kier alpha value is -1.10. The molecule has 0 saturated carbocycles. The van der Waals surface area contributed by atoms with Gasteiger partial charge in [-0.05, 0) is 24.5 Å². The van der Waals surface area contributed by atoms with Crippen LogP contribution in [0.3, 0.4) is 0 Å². The van der Waals surface area contributed by atoms with E-state index in [0.29, 0.717) is 31.0 Å². The molecule has 1 aliphatic heterocycles. The number of carbonyl (C=O) groups is 1. The van der Waals surface area contributed by atoms with E-state index in [1.165, 1.54) is 7.11 Å². The molecule has 104 valence electrons. The van der Waals surface area contributed by atoms with Gasteiger partial charge in [0.15, 0.2) is 0 Å². The molecule has 1 heterocycles. The first kappa shape index (κ1) is 14.3. The van der Waals surface area contributed by atoms with Crippen molar-refractivity contribution >= 4 is 17.6 Å². The Labute approximate surface area is 117 Å². The monoisotopic (exact) mass is 283 g/mol. The van der Waals surface area contributed by atoms with Gasteiger partial charge in [0, 0.05) is 18.1 Å². The molecule has 1 saturated heterocycles. The summed E-state index contributed by atoms with van der Waals surface area (Å²) in [6, 6.07) is 6.81. The molecular formula is C14H18ClNO3. The topological polar surface area (TPSA) is 49.8 Å². The van der Waals surface area contributed by atoms with Gasteiger partial charge in [-0.25, -0.2) is 4.79 Å². The van der Waals surface area contributed by atoms with Crippen molar-refractivity contribution in [3.63, 3.8) is 0 Å². The number of piperidine rings is 1. The summed E-state index contributed by atoms with van der Waals surface area (Å²) in [7, 11) is 1.38. The molecule has 0 amide bonds. The highest BCUT2D eigenvalue weighted by Gasteiger charge is 2.32. The first-order valence-electron chi connectivity index (χ1n) is 6.38. The molecule has 1 aromatic carbocycles. The molecule has 0 radical (unpaired) electrons. The molecule has 1 aromatic rings. The summed E-state index contributed by atoms with van der Waals surface area (Å²) in [6.07, 6.45) is 1.05. The number of nitrogens with zero attached hydrogens (tertiary/aromatic N) is 1. The standard InChI is InChI=1S/C14H18ClNO3/c1-19-14(18)13(11-4-2-3-5-12(11)15)16-8-6-10(17)7-9-16/h2-5,10,13,17H,6-9H2,1H3/t13-/m1/s1. The highest BCUT2D eigenvalue weighted by Crippen LogP contribution is 2.30. The first-order valence-corrected chi connectivity index (χ1v) is 6.75. The number of aliphatic hydroxyl groups excluding tert-OH is 1. The van der Waals surface area contributed by atoms with Gasteiger partial charge in [0.2, 0.25) is 0 Å². The number of methoxy groups -OCH3 is 1. The van der Waals surface area contributed by atoms with E-state index in [4.69, 9.17) is 16.3 Å². The normalized spacial score (nSPS) is 19.1. The van der Waals surface area contributed by atoms with Crippen LogP contribution in [0.25, 0.3) is 0 Å². The van der Waals surface area contributed by atoms with Gasteiger partial charge in [-0.2, -0.15) is 0 Å². The molecule has 0 aromatic heterocycles. The second-order valence-electron chi connectivity index (χ2n) is 4.71. The number of ether oxygens (including phenoxy) is 1. The number of likely N-dealkylation sites (tertiary alicyclic amines) is 1. The average molecular weight is 284 g/mol. The van der Waals surface area contributed by atoms with Crippen LogP contribution in [0.15, 0.2) is 24.3 Å². The van der Waals surface area contributed by atoms with E-state index in [2.05, 4.69) is 0 Å². The molecule has 5 heteroatoms. The molecule has 1 N–H and O–H groups in total. The molecule has 0 unspecified atom stereocenters. The number of benzene rings is 1. The lowest BCUT2D eigenvalue weighted by Crippen LogP contribution is -2.42. The van der Waals surface area contributed by atoms with Crippen LogP contribution in [-0.2, 0) is 9.53 Å². The minimum Gasteiger partial charge on any atom is -0.468 e. The molecule has 2 rings (SSSR count). The van der Waals surface area contributed by atoms with Gasteiger partial charge in [-0.3, -0.25) is 4.90 Å². The zero-order valence-corrected chi connectivity index (χ0v) is 11.6. The Morgan fingerprint density at radius 2 is 2.05 bits per heavy atom. The highest BCUT2D eigenvalue weighted by molar-refractivity contribution is 6.31. The largest absolute Gasteiger partial charge is 0.468 e. The lowest BCUT2D eigenvalue weighted by Gasteiger charge is -2.35. The molecule has 0 spiro atoms. The Kier molecular flexibility index (Phi) is 4.80. The van der Waals surface area contributed by atoms with Crippen molar-refractivity contribution in [3.8, 4) is 0 Å². The Morgan fingerprint density at radius 3 is 2.63 bits per heavy atom. The third-order valence-corrected chi connectivity index (χ3v) is 3.83. The van der Waals surface area contributed by atoms with Gasteiger partial charge in [0.25, 0.3) is 0 Å². The van der Waals surface area contributed by atoms with Gasteiger partial charge in [-0.1, -0.05) is 29.8 Å². The molecule has 0 aliphatic carbocycles. The van der Waals surface area contributed by atoms with Crippen molar-refractivity contribution in [2.24, 2.45) is 0 Å². The quantitative estimate of drug-likeness (QED) is 0.862. The average Bonchev–Trinajstić information content (AvgIpc) is 2.43. The van der Waals surface area contributed by atoms with Gasteiger partial charge in [-0.15, -0.1) is 0 Å². The van der Waals surface area contributed by atoms with E-state index in [1.54, 1.807) is 6.07 Å². The highest BCUT2D eigenvalue weighted by atomic mass is 35.5. The van der Waals surface area contributed by atoms with E-state index >= 15 is 0 Å². The summed E-state index contributed by atoms with van der Waals surface area (Å²) in [6.45, 7) is 1.32. The number of esters is 1. The summed E-state index contributed by atoms with van der Waals surface area (Å²) in [5.41, 5.74) is 0.757. The van der Waals surface area contributed by atoms with Crippen LogP contribution in [0.5, 0.6) is 0 Å². The number of carbonyl (C=O) groups excluding carboxylic acids is 1. The Balaban J connectivity index is 2.26. The lowest BCUT2D eigenvalue weighted by atomic mass is 10.0. The van der Waals surface area contributed by atoms with E-state index in [-0.39, 0.29) is 12.1 Å². The second-order valence-corrected chi connectivity index (χ2v) is 5.12. The molecule has 1 atom stereocenters. The zero-order chi connectivity index (χ0) is 13.8. The van der Waals surface area contributed by atoms with Crippen molar-refractivity contribution in [2.45, 2.75) is 25.0 Å². The number of aliphatic hydroxyl groups is 1. The summed E-state index contributed by atoms with van der Waals surface area (Å²) in [5, 5.41) is 10.1. The van der Waals surface area contributed by atoms with Crippen LogP contribution in [-0.4, -0.2) is 42.3 Å². The molecular weight excluding hydrogens is 266 g/mol. The minimum absolute atomic E-state index is 0.277. The SMILES string of the molecule is COC(=O)[C@@H](c1ccccc1Cl)N1CCC(O)CC1. The maximum absolute atomic E-state index is 12.1. The second kappa shape index (κ2) is 6.37. The van der Waals surface area contributed by atoms with Gasteiger partial charge >= 0.3 is 5.97 Å². The zero-order valence-electron chi connectivity index (χ0n) is 10.9. The summed E-state index contributed by atoms with van der Waals surface area (Å²) < 4.78 is 4.90.